The Morgan fingerprint density at radius 2 is 1.80 bits per heavy atom. The fourth-order valence-electron chi connectivity index (χ4n) is 4.55. The molecule has 2 aromatic heterocycles. The van der Waals surface area contributed by atoms with Crippen molar-refractivity contribution in [3.05, 3.63) is 46.0 Å². The number of benzene rings is 1. The van der Waals surface area contributed by atoms with Crippen LogP contribution in [0.1, 0.15) is 46.7 Å². The lowest BCUT2D eigenvalue weighted by molar-refractivity contribution is -0.120. The maximum Gasteiger partial charge on any atom is 0.231 e. The summed E-state index contributed by atoms with van der Waals surface area (Å²) in [6.07, 6.45) is 1.83. The molecule has 4 rings (SSSR count). The van der Waals surface area contributed by atoms with Gasteiger partial charge >= 0.3 is 0 Å². The van der Waals surface area contributed by atoms with Gasteiger partial charge in [0.2, 0.25) is 11.6 Å². The van der Waals surface area contributed by atoms with Gasteiger partial charge in [0.1, 0.15) is 17.4 Å². The van der Waals surface area contributed by atoms with Crippen molar-refractivity contribution < 1.29 is 9.21 Å². The van der Waals surface area contributed by atoms with Crippen LogP contribution in [0.5, 0.6) is 0 Å². The molecule has 1 N–H and O–H groups in total. The average molecular weight is 407 g/mol. The first-order valence-electron chi connectivity index (χ1n) is 10.6. The van der Waals surface area contributed by atoms with E-state index in [2.05, 4.69) is 34.3 Å². The Kier molecular flexibility index (Phi) is 5.26. The van der Waals surface area contributed by atoms with Gasteiger partial charge in [0.25, 0.3) is 0 Å². The Bertz CT molecular complexity index is 1110. The minimum Gasteiger partial charge on any atom is -0.443 e. The smallest absolute Gasteiger partial charge is 0.231 e. The fraction of sp³-hybridized carbons (Fsp3) is 0.458. The number of amides is 1. The van der Waals surface area contributed by atoms with Gasteiger partial charge in [-0.3, -0.25) is 4.79 Å². The number of nitrogens with zero attached hydrogens (tertiary/aromatic N) is 3. The van der Waals surface area contributed by atoms with E-state index in [1.54, 1.807) is 0 Å². The molecule has 6 nitrogen and oxygen atoms in total. The first-order chi connectivity index (χ1) is 14.2. The molecule has 0 radical (unpaired) electrons. The summed E-state index contributed by atoms with van der Waals surface area (Å²) in [5.41, 5.74) is 6.05. The summed E-state index contributed by atoms with van der Waals surface area (Å²) < 4.78 is 5.84. The molecule has 1 aliphatic heterocycles. The number of rotatable bonds is 3. The zero-order valence-corrected chi connectivity index (χ0v) is 18.7. The number of hydrogen-bond acceptors (Lipinski definition) is 5. The predicted molar refractivity (Wildman–Crippen MR) is 120 cm³/mol. The molecule has 1 aromatic carbocycles. The van der Waals surface area contributed by atoms with Crippen molar-refractivity contribution in [3.8, 4) is 0 Å². The van der Waals surface area contributed by atoms with Crippen molar-refractivity contribution >= 4 is 28.5 Å². The molecule has 0 saturated carbocycles. The number of aromatic nitrogens is 2. The molecule has 0 bridgehead atoms. The predicted octanol–water partition coefficient (Wildman–Crippen LogP) is 4.93. The van der Waals surface area contributed by atoms with Crippen LogP contribution in [0.15, 0.2) is 16.5 Å². The minimum atomic E-state index is -0.0857. The highest BCUT2D eigenvalue weighted by Gasteiger charge is 2.29. The van der Waals surface area contributed by atoms with Crippen molar-refractivity contribution in [2.75, 3.05) is 23.3 Å². The first-order valence-corrected chi connectivity index (χ1v) is 10.6. The third-order valence-corrected chi connectivity index (χ3v) is 6.14. The van der Waals surface area contributed by atoms with E-state index in [0.29, 0.717) is 18.1 Å². The Hall–Kier alpha value is -2.89. The van der Waals surface area contributed by atoms with E-state index in [4.69, 9.17) is 9.40 Å². The van der Waals surface area contributed by atoms with Crippen LogP contribution in [-0.4, -0.2) is 29.0 Å². The second-order valence-electron chi connectivity index (χ2n) is 8.61. The first kappa shape index (κ1) is 20.4. The third-order valence-electron chi connectivity index (χ3n) is 6.14. The van der Waals surface area contributed by atoms with E-state index < -0.39 is 0 Å². The summed E-state index contributed by atoms with van der Waals surface area (Å²) in [6, 6.07) is 4.22. The summed E-state index contributed by atoms with van der Waals surface area (Å²) >= 11 is 0. The van der Waals surface area contributed by atoms with Crippen LogP contribution < -0.4 is 10.2 Å². The highest BCUT2D eigenvalue weighted by Crippen LogP contribution is 2.34. The number of nitrogens with one attached hydrogen (secondary N) is 1. The van der Waals surface area contributed by atoms with Gasteiger partial charge < -0.3 is 14.6 Å². The van der Waals surface area contributed by atoms with E-state index >= 15 is 0 Å². The molecule has 3 aromatic rings. The molecule has 158 valence electrons. The topological polar surface area (TPSA) is 71.3 Å². The fourth-order valence-corrected chi connectivity index (χ4v) is 4.55. The van der Waals surface area contributed by atoms with Crippen LogP contribution >= 0.6 is 0 Å². The maximum atomic E-state index is 13.1. The second-order valence-corrected chi connectivity index (χ2v) is 8.61. The molecule has 0 spiro atoms. The standard InChI is InChI=1S/C24H30N4O2/c1-13-10-14(2)21(15(3)11-13)27-23(29)19-8-7-9-28(12-19)22-20-16(4)17(5)30-24(20)26-18(6)25-22/h10-11,19H,7-9,12H2,1-6H3,(H,27,29). The number of piperidine rings is 1. The van der Waals surface area contributed by atoms with E-state index in [1.165, 1.54) is 5.56 Å². The molecule has 0 aliphatic carbocycles. The highest BCUT2D eigenvalue weighted by atomic mass is 16.3. The van der Waals surface area contributed by atoms with Crippen LogP contribution in [0, 0.1) is 47.5 Å². The molecule has 3 heterocycles. The monoisotopic (exact) mass is 406 g/mol. The number of anilines is 2. The van der Waals surface area contributed by atoms with Crippen molar-refractivity contribution in [2.24, 2.45) is 5.92 Å². The van der Waals surface area contributed by atoms with Gasteiger partial charge in [0.15, 0.2) is 0 Å². The molecule has 1 atom stereocenters. The molecular formula is C24H30N4O2. The SMILES string of the molecule is Cc1cc(C)c(NC(=O)C2CCCN(c3nc(C)nc4oc(C)c(C)c34)C2)c(C)c1. The van der Waals surface area contributed by atoms with E-state index in [9.17, 15) is 4.79 Å². The van der Waals surface area contributed by atoms with Gasteiger partial charge in [0.05, 0.1) is 11.3 Å². The Balaban J connectivity index is 1.60. The number of aryl methyl sites for hydroxylation is 6. The number of fused-ring (bicyclic) bond motifs is 1. The molecule has 1 fully saturated rings. The quantitative estimate of drug-likeness (QED) is 0.668. The highest BCUT2D eigenvalue weighted by molar-refractivity contribution is 5.95. The number of carbonyl (C=O) groups excluding carboxylic acids is 1. The van der Waals surface area contributed by atoms with Crippen LogP contribution in [0.25, 0.3) is 11.1 Å². The van der Waals surface area contributed by atoms with Crippen LogP contribution in [0.4, 0.5) is 11.5 Å². The zero-order chi connectivity index (χ0) is 21.6. The zero-order valence-electron chi connectivity index (χ0n) is 18.7. The van der Waals surface area contributed by atoms with Gasteiger partial charge in [-0.25, -0.2) is 4.98 Å². The lowest BCUT2D eigenvalue weighted by Gasteiger charge is -2.33. The lowest BCUT2D eigenvalue weighted by atomic mass is 9.96. The van der Waals surface area contributed by atoms with Crippen molar-refractivity contribution in [1.29, 1.82) is 0 Å². The van der Waals surface area contributed by atoms with E-state index in [-0.39, 0.29) is 11.8 Å². The second kappa shape index (κ2) is 7.74. The summed E-state index contributed by atoms with van der Waals surface area (Å²) in [7, 11) is 0. The van der Waals surface area contributed by atoms with Gasteiger partial charge in [-0.15, -0.1) is 0 Å². The largest absolute Gasteiger partial charge is 0.443 e. The molecular weight excluding hydrogens is 376 g/mol. The number of hydrogen-bond donors (Lipinski definition) is 1. The minimum absolute atomic E-state index is 0.0804. The van der Waals surface area contributed by atoms with Crippen molar-refractivity contribution in [1.82, 2.24) is 9.97 Å². The van der Waals surface area contributed by atoms with Gasteiger partial charge in [-0.2, -0.15) is 4.98 Å². The number of carbonyl (C=O) groups is 1. The molecule has 1 unspecified atom stereocenters. The summed E-state index contributed by atoms with van der Waals surface area (Å²) in [6.45, 7) is 13.6. The van der Waals surface area contributed by atoms with Gasteiger partial charge in [-0.1, -0.05) is 17.7 Å². The molecule has 1 aliphatic rings. The van der Waals surface area contributed by atoms with Gasteiger partial charge in [-0.05, 0) is 65.5 Å². The molecule has 1 amide bonds. The Morgan fingerprint density at radius 3 is 2.50 bits per heavy atom. The third kappa shape index (κ3) is 3.66. The Labute approximate surface area is 177 Å². The summed E-state index contributed by atoms with van der Waals surface area (Å²) in [4.78, 5) is 24.6. The lowest BCUT2D eigenvalue weighted by Crippen LogP contribution is -2.41. The van der Waals surface area contributed by atoms with Crippen molar-refractivity contribution in [3.63, 3.8) is 0 Å². The summed E-state index contributed by atoms with van der Waals surface area (Å²) in [5, 5.41) is 4.16. The molecule has 6 heteroatoms. The van der Waals surface area contributed by atoms with Crippen LogP contribution in [0.2, 0.25) is 0 Å². The van der Waals surface area contributed by atoms with E-state index in [0.717, 1.165) is 58.7 Å². The average Bonchev–Trinajstić information content (AvgIpc) is 2.97. The summed E-state index contributed by atoms with van der Waals surface area (Å²) in [5.74, 6) is 2.42. The number of furan rings is 1. The molecule has 30 heavy (non-hydrogen) atoms. The van der Waals surface area contributed by atoms with E-state index in [1.807, 2.05) is 34.6 Å². The normalized spacial score (nSPS) is 16.9. The Morgan fingerprint density at radius 1 is 1.10 bits per heavy atom. The van der Waals surface area contributed by atoms with Gasteiger partial charge in [0, 0.05) is 24.3 Å². The van der Waals surface area contributed by atoms with Crippen LogP contribution in [-0.2, 0) is 4.79 Å². The maximum absolute atomic E-state index is 13.1. The molecule has 1 saturated heterocycles. The van der Waals surface area contributed by atoms with Crippen molar-refractivity contribution in [2.45, 2.75) is 54.4 Å². The van der Waals surface area contributed by atoms with Crippen LogP contribution in [0.3, 0.4) is 0 Å².